The number of hydrogen-bond donors (Lipinski definition) is 0. The average molecular weight is 574 g/mol. The lowest BCUT2D eigenvalue weighted by atomic mass is 10.1. The predicted octanol–water partition coefficient (Wildman–Crippen LogP) is 5.03. The molecule has 40 heavy (non-hydrogen) atoms. The molecule has 8 nitrogen and oxygen atoms in total. The van der Waals surface area contributed by atoms with Gasteiger partial charge in [-0.3, -0.25) is 9.36 Å². The van der Waals surface area contributed by atoms with Gasteiger partial charge in [0.15, 0.2) is 15.7 Å². The van der Waals surface area contributed by atoms with E-state index in [1.54, 1.807) is 41.2 Å². The van der Waals surface area contributed by atoms with Crippen LogP contribution in [0.5, 0.6) is 5.75 Å². The zero-order valence-electron chi connectivity index (χ0n) is 22.0. The summed E-state index contributed by atoms with van der Waals surface area (Å²) in [5.74, 6) is 1.23. The summed E-state index contributed by atoms with van der Waals surface area (Å²) >= 11 is 1.56. The normalized spacial score (nSPS) is 14.0. The number of nitrogens with zero attached hydrogens (tertiary/aromatic N) is 3. The maximum absolute atomic E-state index is 13.9. The van der Waals surface area contributed by atoms with Crippen molar-refractivity contribution >= 4 is 37.1 Å². The molecule has 1 fully saturated rings. The highest BCUT2D eigenvalue weighted by atomic mass is 32.2. The minimum atomic E-state index is -3.32. The van der Waals surface area contributed by atoms with Crippen LogP contribution in [0.1, 0.15) is 0 Å². The fourth-order valence-corrected chi connectivity index (χ4v) is 6.69. The van der Waals surface area contributed by atoms with Gasteiger partial charge in [-0.25, -0.2) is 13.4 Å². The Labute approximate surface area is 236 Å². The monoisotopic (exact) mass is 573 g/mol. The molecule has 1 aliphatic rings. The summed E-state index contributed by atoms with van der Waals surface area (Å²) in [7, 11) is -1.71. The molecular weight excluding hydrogens is 546 g/mol. The lowest BCUT2D eigenvalue weighted by molar-refractivity contribution is 0.123. The van der Waals surface area contributed by atoms with Gasteiger partial charge in [-0.15, -0.1) is 11.3 Å². The third-order valence-corrected chi connectivity index (χ3v) is 9.25. The van der Waals surface area contributed by atoms with Crippen molar-refractivity contribution in [1.29, 1.82) is 0 Å². The van der Waals surface area contributed by atoms with Gasteiger partial charge in [0, 0.05) is 24.9 Å². The number of thiophene rings is 1. The molecule has 0 amide bonds. The van der Waals surface area contributed by atoms with Crippen LogP contribution in [0.25, 0.3) is 38.4 Å². The van der Waals surface area contributed by atoms with Crippen LogP contribution in [0.4, 0.5) is 5.00 Å². The van der Waals surface area contributed by atoms with E-state index in [2.05, 4.69) is 4.90 Å². The molecule has 0 aliphatic carbocycles. The molecule has 0 spiro atoms. The summed E-state index contributed by atoms with van der Waals surface area (Å²) in [6.07, 6.45) is 1.20. The molecule has 0 bridgehead atoms. The minimum absolute atomic E-state index is 0.161. The molecule has 2 aromatic heterocycles. The first-order chi connectivity index (χ1) is 19.3. The maximum atomic E-state index is 13.9. The summed E-state index contributed by atoms with van der Waals surface area (Å²) in [5.41, 5.74) is 2.97. The van der Waals surface area contributed by atoms with E-state index < -0.39 is 9.84 Å². The Kier molecular flexibility index (Phi) is 6.91. The Morgan fingerprint density at radius 1 is 0.950 bits per heavy atom. The third-order valence-electron chi connectivity index (χ3n) is 6.93. The predicted molar refractivity (Wildman–Crippen MR) is 159 cm³/mol. The molecule has 0 saturated carbocycles. The van der Waals surface area contributed by atoms with Gasteiger partial charge in [0.05, 0.1) is 51.7 Å². The molecule has 0 N–H and O–H groups in total. The van der Waals surface area contributed by atoms with E-state index in [9.17, 15) is 13.2 Å². The Morgan fingerprint density at radius 2 is 1.65 bits per heavy atom. The van der Waals surface area contributed by atoms with E-state index in [-0.39, 0.29) is 10.5 Å². The number of methoxy groups -OCH3 is 1. The SMILES string of the molecule is COc1ccc(-n2c(-c3cc(-c4ccc(S(C)(=O)=O)cc4)c(N4CCOCC4)s3)nc3ccccc3c2=O)cc1. The van der Waals surface area contributed by atoms with Crippen LogP contribution >= 0.6 is 11.3 Å². The number of morpholine rings is 1. The Balaban J connectivity index is 1.58. The standard InChI is InChI=1S/C30H27N3O5S2/c1-37-22-11-9-21(10-12-22)33-28(31-26-6-4-3-5-24(26)29(33)34)27-19-25(30(39-27)32-15-17-38-18-16-32)20-7-13-23(14-8-20)40(2,35)36/h3-14,19H,15-18H2,1-2H3. The molecule has 0 radical (unpaired) electrons. The fourth-order valence-electron chi connectivity index (χ4n) is 4.85. The second-order valence-corrected chi connectivity index (χ2v) is 12.6. The number of anilines is 1. The minimum Gasteiger partial charge on any atom is -0.497 e. The first kappa shape index (κ1) is 26.2. The number of fused-ring (bicyclic) bond motifs is 1. The van der Waals surface area contributed by atoms with Crippen LogP contribution in [0.3, 0.4) is 0 Å². The van der Waals surface area contributed by atoms with Crippen molar-refractivity contribution in [3.05, 3.63) is 89.2 Å². The average Bonchev–Trinajstić information content (AvgIpc) is 3.43. The molecule has 1 aliphatic heterocycles. The Morgan fingerprint density at radius 3 is 2.33 bits per heavy atom. The lowest BCUT2D eigenvalue weighted by Gasteiger charge is -2.28. The largest absolute Gasteiger partial charge is 0.497 e. The number of aromatic nitrogens is 2. The van der Waals surface area contributed by atoms with Gasteiger partial charge in [0.25, 0.3) is 5.56 Å². The summed E-state index contributed by atoms with van der Waals surface area (Å²) < 4.78 is 36.7. The van der Waals surface area contributed by atoms with Gasteiger partial charge < -0.3 is 14.4 Å². The smallest absolute Gasteiger partial charge is 0.266 e. The van der Waals surface area contributed by atoms with Crippen molar-refractivity contribution in [2.75, 3.05) is 44.6 Å². The molecule has 3 aromatic carbocycles. The number of rotatable bonds is 6. The van der Waals surface area contributed by atoms with Crippen LogP contribution in [0, 0.1) is 0 Å². The molecule has 0 unspecified atom stereocenters. The lowest BCUT2D eigenvalue weighted by Crippen LogP contribution is -2.35. The number of para-hydroxylation sites is 1. The highest BCUT2D eigenvalue weighted by molar-refractivity contribution is 7.90. The Hall–Kier alpha value is -3.99. The van der Waals surface area contributed by atoms with E-state index in [0.29, 0.717) is 41.4 Å². The number of sulfone groups is 1. The van der Waals surface area contributed by atoms with Crippen LogP contribution < -0.4 is 15.2 Å². The number of hydrogen-bond acceptors (Lipinski definition) is 8. The fraction of sp³-hybridized carbons (Fsp3) is 0.200. The van der Waals surface area contributed by atoms with Crippen molar-refractivity contribution < 1.29 is 17.9 Å². The van der Waals surface area contributed by atoms with Crippen LogP contribution in [-0.4, -0.2) is 57.6 Å². The number of ether oxygens (including phenoxy) is 2. The molecule has 5 aromatic rings. The molecule has 0 atom stereocenters. The molecule has 3 heterocycles. The van der Waals surface area contributed by atoms with Gasteiger partial charge >= 0.3 is 0 Å². The van der Waals surface area contributed by atoms with Crippen molar-refractivity contribution in [3.63, 3.8) is 0 Å². The van der Waals surface area contributed by atoms with Gasteiger partial charge in [-0.1, -0.05) is 24.3 Å². The molecule has 6 rings (SSSR count). The van der Waals surface area contributed by atoms with Crippen LogP contribution in [0.2, 0.25) is 0 Å². The highest BCUT2D eigenvalue weighted by Crippen LogP contribution is 2.43. The van der Waals surface area contributed by atoms with Crippen molar-refractivity contribution in [2.45, 2.75) is 4.90 Å². The third kappa shape index (κ3) is 4.90. The molecule has 1 saturated heterocycles. The van der Waals surface area contributed by atoms with E-state index in [1.807, 2.05) is 60.7 Å². The summed E-state index contributed by atoms with van der Waals surface area (Å²) in [4.78, 5) is 22.2. The van der Waals surface area contributed by atoms with Crippen molar-refractivity contribution in [2.24, 2.45) is 0 Å². The topological polar surface area (TPSA) is 90.7 Å². The summed E-state index contributed by atoms with van der Waals surface area (Å²) in [6.45, 7) is 2.69. The van der Waals surface area contributed by atoms with E-state index in [0.717, 1.165) is 34.1 Å². The van der Waals surface area contributed by atoms with Gasteiger partial charge in [0.2, 0.25) is 0 Å². The zero-order valence-corrected chi connectivity index (χ0v) is 23.7. The Bertz CT molecular complexity index is 1850. The van der Waals surface area contributed by atoms with E-state index >= 15 is 0 Å². The second-order valence-electron chi connectivity index (χ2n) is 9.52. The summed E-state index contributed by atoms with van der Waals surface area (Å²) in [6, 6.07) is 23.7. The van der Waals surface area contributed by atoms with Crippen LogP contribution in [-0.2, 0) is 14.6 Å². The van der Waals surface area contributed by atoms with E-state index in [4.69, 9.17) is 14.5 Å². The summed E-state index contributed by atoms with van der Waals surface area (Å²) in [5, 5.41) is 1.55. The van der Waals surface area contributed by atoms with Gasteiger partial charge in [-0.2, -0.15) is 0 Å². The van der Waals surface area contributed by atoms with Gasteiger partial charge in [0.1, 0.15) is 5.75 Å². The first-order valence-corrected chi connectivity index (χ1v) is 15.5. The maximum Gasteiger partial charge on any atom is 0.266 e. The molecule has 204 valence electrons. The van der Waals surface area contributed by atoms with Crippen LogP contribution in [0.15, 0.2) is 88.6 Å². The quantitative estimate of drug-likeness (QED) is 0.281. The highest BCUT2D eigenvalue weighted by Gasteiger charge is 2.23. The van der Waals surface area contributed by atoms with Crippen molar-refractivity contribution in [3.8, 4) is 33.3 Å². The molecular formula is C30H27N3O5S2. The van der Waals surface area contributed by atoms with Gasteiger partial charge in [-0.05, 0) is 60.2 Å². The second kappa shape index (κ2) is 10.5. The first-order valence-electron chi connectivity index (χ1n) is 12.8. The zero-order chi connectivity index (χ0) is 27.9. The van der Waals surface area contributed by atoms with E-state index in [1.165, 1.54) is 6.26 Å². The number of benzene rings is 3. The molecule has 10 heteroatoms. The van der Waals surface area contributed by atoms with Crippen molar-refractivity contribution in [1.82, 2.24) is 9.55 Å².